The van der Waals surface area contributed by atoms with Crippen LogP contribution in [0.1, 0.15) is 81.3 Å². The molecule has 0 N–H and O–H groups in total. The van der Waals surface area contributed by atoms with Crippen LogP contribution in [0.15, 0.2) is 24.3 Å². The maximum atomic E-state index is 5.86. The minimum Gasteiger partial charge on any atom is -0.376 e. The topological polar surface area (TPSA) is 18.5 Å². The van der Waals surface area contributed by atoms with Crippen molar-refractivity contribution in [3.05, 3.63) is 35.4 Å². The van der Waals surface area contributed by atoms with Gasteiger partial charge in [0.1, 0.15) is 0 Å². The number of ether oxygens (including phenoxy) is 2. The van der Waals surface area contributed by atoms with E-state index in [1.54, 1.807) is 0 Å². The van der Waals surface area contributed by atoms with Crippen LogP contribution in [-0.2, 0) is 16.1 Å². The van der Waals surface area contributed by atoms with Crippen LogP contribution in [0.5, 0.6) is 0 Å². The van der Waals surface area contributed by atoms with Gasteiger partial charge in [0.2, 0.25) is 0 Å². The zero-order valence-corrected chi connectivity index (χ0v) is 14.5. The summed E-state index contributed by atoms with van der Waals surface area (Å²) in [6.45, 7) is 2.36. The highest BCUT2D eigenvalue weighted by molar-refractivity contribution is 5.25. The van der Waals surface area contributed by atoms with Crippen molar-refractivity contribution in [1.29, 1.82) is 0 Å². The van der Waals surface area contributed by atoms with Crippen molar-refractivity contribution in [2.45, 2.75) is 82.8 Å². The summed E-state index contributed by atoms with van der Waals surface area (Å²) in [7, 11) is 0. The van der Waals surface area contributed by atoms with Gasteiger partial charge in [0.15, 0.2) is 0 Å². The molecule has 2 aliphatic rings. The summed E-state index contributed by atoms with van der Waals surface area (Å²) in [4.78, 5) is 0. The van der Waals surface area contributed by atoms with Crippen LogP contribution in [0.25, 0.3) is 0 Å². The molecule has 1 heterocycles. The fraction of sp³-hybridized carbons (Fsp3) is 0.714. The van der Waals surface area contributed by atoms with Gasteiger partial charge in [0.05, 0.1) is 19.3 Å². The second-order valence-corrected chi connectivity index (χ2v) is 7.29. The van der Waals surface area contributed by atoms with Crippen LogP contribution in [0.4, 0.5) is 0 Å². The van der Waals surface area contributed by atoms with Crippen LogP contribution in [0.3, 0.4) is 0 Å². The van der Waals surface area contributed by atoms with E-state index >= 15 is 0 Å². The Bertz CT molecular complexity index is 426. The van der Waals surface area contributed by atoms with E-state index in [9.17, 15) is 0 Å². The van der Waals surface area contributed by atoms with Crippen molar-refractivity contribution >= 4 is 0 Å². The van der Waals surface area contributed by atoms with Crippen molar-refractivity contribution < 1.29 is 9.47 Å². The second kappa shape index (κ2) is 9.44. The lowest BCUT2D eigenvalue weighted by molar-refractivity contribution is -0.0447. The maximum absolute atomic E-state index is 5.86. The van der Waals surface area contributed by atoms with E-state index in [0.717, 1.165) is 25.6 Å². The molecule has 3 rings (SSSR count). The van der Waals surface area contributed by atoms with Gasteiger partial charge in [0.25, 0.3) is 0 Å². The van der Waals surface area contributed by atoms with E-state index in [4.69, 9.17) is 9.47 Å². The molecular weight excluding hydrogens is 284 g/mol. The first-order chi connectivity index (χ1) is 11.4. The van der Waals surface area contributed by atoms with Gasteiger partial charge in [-0.15, -0.1) is 0 Å². The van der Waals surface area contributed by atoms with Crippen molar-refractivity contribution in [3.63, 3.8) is 0 Å². The third kappa shape index (κ3) is 5.61. The van der Waals surface area contributed by atoms with E-state index in [-0.39, 0.29) is 0 Å². The minimum absolute atomic E-state index is 0.318. The van der Waals surface area contributed by atoms with E-state index in [1.807, 2.05) is 0 Å². The van der Waals surface area contributed by atoms with Crippen LogP contribution >= 0.6 is 0 Å². The molecule has 1 aliphatic heterocycles. The zero-order valence-electron chi connectivity index (χ0n) is 14.5. The minimum atomic E-state index is 0.318. The van der Waals surface area contributed by atoms with Gasteiger partial charge in [-0.1, -0.05) is 56.4 Å². The Balaban J connectivity index is 1.44. The van der Waals surface area contributed by atoms with Crippen molar-refractivity contribution in [3.8, 4) is 0 Å². The summed E-state index contributed by atoms with van der Waals surface area (Å²) in [6, 6.07) is 9.19. The van der Waals surface area contributed by atoms with Gasteiger partial charge in [-0.05, 0) is 49.1 Å². The SMILES string of the molecule is c1cc(C2CCCCCCC2)ccc1COCC1CCCCO1. The molecule has 0 amide bonds. The van der Waals surface area contributed by atoms with Gasteiger partial charge < -0.3 is 9.47 Å². The molecule has 0 bridgehead atoms. The highest BCUT2D eigenvalue weighted by Crippen LogP contribution is 2.31. The van der Waals surface area contributed by atoms with Crippen molar-refractivity contribution in [1.82, 2.24) is 0 Å². The molecule has 1 aliphatic carbocycles. The van der Waals surface area contributed by atoms with E-state index in [2.05, 4.69) is 24.3 Å². The molecular formula is C21H32O2. The number of hydrogen-bond donors (Lipinski definition) is 0. The van der Waals surface area contributed by atoms with Crippen LogP contribution < -0.4 is 0 Å². The molecule has 1 aromatic carbocycles. The van der Waals surface area contributed by atoms with Crippen molar-refractivity contribution in [2.24, 2.45) is 0 Å². The Morgan fingerprint density at radius 1 is 0.826 bits per heavy atom. The summed E-state index contributed by atoms with van der Waals surface area (Å²) in [5.41, 5.74) is 2.82. The van der Waals surface area contributed by atoms with Gasteiger partial charge in [-0.3, -0.25) is 0 Å². The quantitative estimate of drug-likeness (QED) is 0.704. The fourth-order valence-corrected chi connectivity index (χ4v) is 3.92. The largest absolute Gasteiger partial charge is 0.376 e. The summed E-state index contributed by atoms with van der Waals surface area (Å²) in [5.74, 6) is 0.779. The second-order valence-electron chi connectivity index (χ2n) is 7.29. The molecule has 0 spiro atoms. The van der Waals surface area contributed by atoms with E-state index in [0.29, 0.717) is 12.7 Å². The maximum Gasteiger partial charge on any atom is 0.0808 e. The smallest absolute Gasteiger partial charge is 0.0808 e. The molecule has 23 heavy (non-hydrogen) atoms. The molecule has 2 nitrogen and oxygen atoms in total. The number of rotatable bonds is 5. The monoisotopic (exact) mass is 316 g/mol. The lowest BCUT2D eigenvalue weighted by Gasteiger charge is -2.22. The first-order valence-electron chi connectivity index (χ1n) is 9.70. The Morgan fingerprint density at radius 2 is 1.52 bits per heavy atom. The molecule has 1 unspecified atom stereocenters. The Morgan fingerprint density at radius 3 is 2.22 bits per heavy atom. The molecule has 1 saturated carbocycles. The number of benzene rings is 1. The van der Waals surface area contributed by atoms with Crippen molar-refractivity contribution in [2.75, 3.05) is 13.2 Å². The zero-order chi connectivity index (χ0) is 15.7. The molecule has 1 atom stereocenters. The average Bonchev–Trinajstić information content (AvgIpc) is 2.57. The standard InChI is InChI=1S/C21H32O2/c1-2-4-8-19(9-5-3-1)20-13-11-18(12-14-20)16-22-17-21-10-6-7-15-23-21/h11-14,19,21H,1-10,15-17H2. The molecule has 1 aromatic rings. The third-order valence-electron chi connectivity index (χ3n) is 5.40. The predicted octanol–water partition coefficient (Wildman–Crippen LogP) is 5.60. The summed E-state index contributed by atoms with van der Waals surface area (Å²) in [5, 5.41) is 0. The number of hydrogen-bond acceptors (Lipinski definition) is 2. The highest BCUT2D eigenvalue weighted by Gasteiger charge is 2.15. The Hall–Kier alpha value is -0.860. The van der Waals surface area contributed by atoms with Gasteiger partial charge in [0, 0.05) is 6.61 Å². The van der Waals surface area contributed by atoms with Crippen LogP contribution in [0.2, 0.25) is 0 Å². The lowest BCUT2D eigenvalue weighted by atomic mass is 9.86. The Labute approximate surface area is 141 Å². The lowest BCUT2D eigenvalue weighted by Crippen LogP contribution is -2.24. The van der Waals surface area contributed by atoms with Crippen LogP contribution in [0, 0.1) is 0 Å². The summed E-state index contributed by atoms with van der Waals surface area (Å²) < 4.78 is 11.6. The van der Waals surface area contributed by atoms with E-state index < -0.39 is 0 Å². The van der Waals surface area contributed by atoms with Crippen LogP contribution in [-0.4, -0.2) is 19.3 Å². The highest BCUT2D eigenvalue weighted by atomic mass is 16.5. The average molecular weight is 316 g/mol. The molecule has 2 fully saturated rings. The molecule has 1 saturated heterocycles. The van der Waals surface area contributed by atoms with Gasteiger partial charge in [-0.2, -0.15) is 0 Å². The van der Waals surface area contributed by atoms with E-state index in [1.165, 1.54) is 68.9 Å². The summed E-state index contributed by atoms with van der Waals surface area (Å²) in [6.07, 6.45) is 13.8. The third-order valence-corrected chi connectivity index (χ3v) is 5.40. The van der Waals surface area contributed by atoms with Gasteiger partial charge >= 0.3 is 0 Å². The molecule has 2 heteroatoms. The van der Waals surface area contributed by atoms with Gasteiger partial charge in [-0.25, -0.2) is 0 Å². The molecule has 0 aromatic heterocycles. The molecule has 0 radical (unpaired) electrons. The summed E-state index contributed by atoms with van der Waals surface area (Å²) >= 11 is 0. The first-order valence-corrected chi connectivity index (χ1v) is 9.70. The predicted molar refractivity (Wildman–Crippen MR) is 94.7 cm³/mol. The normalized spacial score (nSPS) is 24.1. The Kier molecular flexibility index (Phi) is 6.97. The molecule has 128 valence electrons. The fourth-order valence-electron chi connectivity index (χ4n) is 3.92. The first kappa shape index (κ1) is 17.0.